The molecular weight excluding hydrogens is 356 g/mol. The first kappa shape index (κ1) is 17.7. The van der Waals surface area contributed by atoms with Crippen LogP contribution in [0.3, 0.4) is 0 Å². The number of hydrogen-bond acceptors (Lipinski definition) is 4. The molecule has 0 unspecified atom stereocenters. The van der Waals surface area contributed by atoms with Crippen LogP contribution < -0.4 is 16.0 Å². The van der Waals surface area contributed by atoms with Gasteiger partial charge >= 0.3 is 5.69 Å². The summed E-state index contributed by atoms with van der Waals surface area (Å²) in [7, 11) is -3.83. The molecule has 1 aromatic heterocycles. The summed E-state index contributed by atoms with van der Waals surface area (Å²) in [6.07, 6.45) is -0.991. The third-order valence-corrected chi connectivity index (χ3v) is 5.95. The Morgan fingerprint density at radius 2 is 1.92 bits per heavy atom. The summed E-state index contributed by atoms with van der Waals surface area (Å²) < 4.78 is 51.8. The summed E-state index contributed by atoms with van der Waals surface area (Å²) >= 11 is 0. The van der Waals surface area contributed by atoms with Crippen LogP contribution in [0.2, 0.25) is 0 Å². The van der Waals surface area contributed by atoms with E-state index in [1.165, 1.54) is 18.2 Å². The fourth-order valence-electron chi connectivity index (χ4n) is 3.02. The van der Waals surface area contributed by atoms with E-state index < -0.39 is 33.6 Å². The molecule has 3 N–H and O–H groups in total. The molecule has 1 aromatic carbocycles. The molecule has 1 aliphatic carbocycles. The summed E-state index contributed by atoms with van der Waals surface area (Å²) in [5.41, 5.74) is -1.11. The van der Waals surface area contributed by atoms with Crippen molar-refractivity contribution in [2.75, 3.05) is 6.54 Å². The van der Waals surface area contributed by atoms with E-state index >= 15 is 0 Å². The molecule has 0 spiro atoms. The maximum atomic E-state index is 12.4. The van der Waals surface area contributed by atoms with Gasteiger partial charge in [-0.15, -0.1) is 0 Å². The average Bonchev–Trinajstić information content (AvgIpc) is 2.48. The number of halogens is 2. The smallest absolute Gasteiger partial charge is 0.307 e. The van der Waals surface area contributed by atoms with Gasteiger partial charge in [0, 0.05) is 12.5 Å². The van der Waals surface area contributed by atoms with E-state index in [0.717, 1.165) is 0 Å². The van der Waals surface area contributed by atoms with Crippen LogP contribution in [0.15, 0.2) is 32.7 Å². The number of hydrogen-bond donors (Lipinski definition) is 3. The summed E-state index contributed by atoms with van der Waals surface area (Å²) in [5, 5.41) is 0.0567. The van der Waals surface area contributed by atoms with Gasteiger partial charge in [-0.25, -0.2) is 26.7 Å². The number of aromatic amines is 2. The van der Waals surface area contributed by atoms with Gasteiger partial charge in [0.25, 0.3) is 5.56 Å². The molecule has 1 aliphatic rings. The Morgan fingerprint density at radius 1 is 1.20 bits per heavy atom. The number of alkyl halides is 2. The van der Waals surface area contributed by atoms with Crippen molar-refractivity contribution in [1.82, 2.24) is 14.7 Å². The van der Waals surface area contributed by atoms with Crippen LogP contribution in [0, 0.1) is 11.8 Å². The van der Waals surface area contributed by atoms with Gasteiger partial charge in [-0.05, 0) is 43.4 Å². The van der Waals surface area contributed by atoms with Crippen molar-refractivity contribution in [2.24, 2.45) is 11.8 Å². The van der Waals surface area contributed by atoms with Gasteiger partial charge in [0.2, 0.25) is 16.4 Å². The number of sulfonamides is 1. The summed E-state index contributed by atoms with van der Waals surface area (Å²) in [5.74, 6) is -0.470. The molecular formula is C15H17F2N3O4S. The average molecular weight is 373 g/mol. The lowest BCUT2D eigenvalue weighted by atomic mass is 9.73. The quantitative estimate of drug-likeness (QED) is 0.706. The van der Waals surface area contributed by atoms with E-state index in [1.807, 2.05) is 4.98 Å². The largest absolute Gasteiger partial charge is 0.326 e. The van der Waals surface area contributed by atoms with Crippen molar-refractivity contribution in [1.29, 1.82) is 0 Å². The van der Waals surface area contributed by atoms with Crippen molar-refractivity contribution in [3.8, 4) is 0 Å². The molecule has 0 amide bonds. The highest BCUT2D eigenvalue weighted by atomic mass is 32.2. The van der Waals surface area contributed by atoms with Gasteiger partial charge in [0.1, 0.15) is 0 Å². The lowest BCUT2D eigenvalue weighted by Gasteiger charge is -2.34. The zero-order valence-electron chi connectivity index (χ0n) is 13.1. The Kier molecular flexibility index (Phi) is 4.74. The molecule has 7 nitrogen and oxygen atoms in total. The second kappa shape index (κ2) is 6.68. The van der Waals surface area contributed by atoms with Crippen molar-refractivity contribution >= 4 is 20.9 Å². The Labute approximate surface area is 141 Å². The first-order valence-electron chi connectivity index (χ1n) is 7.80. The first-order chi connectivity index (χ1) is 11.8. The zero-order chi connectivity index (χ0) is 18.2. The van der Waals surface area contributed by atoms with Crippen molar-refractivity contribution in [3.05, 3.63) is 39.0 Å². The van der Waals surface area contributed by atoms with Crippen LogP contribution in [-0.4, -0.2) is 31.4 Å². The van der Waals surface area contributed by atoms with Crippen LogP contribution in [0.25, 0.3) is 10.9 Å². The SMILES string of the molecule is O=c1[nH]c(=O)c2cc(S(=O)(=O)NCCC3CC(C(F)F)C3)ccc2[nH]1. The maximum Gasteiger partial charge on any atom is 0.326 e. The topological polar surface area (TPSA) is 112 Å². The predicted molar refractivity (Wildman–Crippen MR) is 87.2 cm³/mol. The lowest BCUT2D eigenvalue weighted by molar-refractivity contribution is 0.000850. The number of rotatable bonds is 6. The number of nitrogens with one attached hydrogen (secondary N) is 3. The van der Waals surface area contributed by atoms with Crippen LogP contribution in [0.4, 0.5) is 8.78 Å². The lowest BCUT2D eigenvalue weighted by Crippen LogP contribution is -2.33. The molecule has 136 valence electrons. The molecule has 0 bridgehead atoms. The fraction of sp³-hybridized carbons (Fsp3) is 0.467. The molecule has 1 heterocycles. The van der Waals surface area contributed by atoms with Crippen LogP contribution in [0.5, 0.6) is 0 Å². The molecule has 0 saturated heterocycles. The normalized spacial score (nSPS) is 20.8. The van der Waals surface area contributed by atoms with E-state index in [2.05, 4.69) is 9.71 Å². The number of H-pyrrole nitrogens is 2. The molecule has 25 heavy (non-hydrogen) atoms. The monoisotopic (exact) mass is 373 g/mol. The van der Waals surface area contributed by atoms with Crippen LogP contribution in [0.1, 0.15) is 19.3 Å². The number of aromatic nitrogens is 2. The molecule has 1 saturated carbocycles. The standard InChI is InChI=1S/C15H17F2N3O4S/c16-13(17)9-5-8(6-9)3-4-18-25(23,24)10-1-2-12-11(7-10)14(21)20-15(22)19-12/h1-2,7-9,13,18H,3-6H2,(H2,19,20,21,22). The number of fused-ring (bicyclic) bond motifs is 1. The highest BCUT2D eigenvalue weighted by Gasteiger charge is 2.35. The minimum Gasteiger partial charge on any atom is -0.307 e. The van der Waals surface area contributed by atoms with E-state index in [4.69, 9.17) is 0 Å². The molecule has 0 aliphatic heterocycles. The van der Waals surface area contributed by atoms with Crippen LogP contribution >= 0.6 is 0 Å². The number of benzene rings is 1. The highest BCUT2D eigenvalue weighted by molar-refractivity contribution is 7.89. The Balaban J connectivity index is 1.67. The second-order valence-electron chi connectivity index (χ2n) is 6.23. The summed E-state index contributed by atoms with van der Waals surface area (Å²) in [6, 6.07) is 3.82. The predicted octanol–water partition coefficient (Wildman–Crippen LogP) is 1.18. The third kappa shape index (κ3) is 3.79. The van der Waals surface area contributed by atoms with Gasteiger partial charge in [-0.1, -0.05) is 0 Å². The Morgan fingerprint density at radius 3 is 2.60 bits per heavy atom. The van der Waals surface area contributed by atoms with Crippen molar-refractivity contribution in [3.63, 3.8) is 0 Å². The van der Waals surface area contributed by atoms with E-state index in [9.17, 15) is 26.8 Å². The first-order valence-corrected chi connectivity index (χ1v) is 9.29. The van der Waals surface area contributed by atoms with E-state index in [1.54, 1.807) is 0 Å². The molecule has 3 rings (SSSR count). The zero-order valence-corrected chi connectivity index (χ0v) is 13.9. The highest BCUT2D eigenvalue weighted by Crippen LogP contribution is 2.39. The fourth-order valence-corrected chi connectivity index (χ4v) is 4.09. The maximum absolute atomic E-state index is 12.4. The van der Waals surface area contributed by atoms with Gasteiger partial charge in [0.15, 0.2) is 0 Å². The van der Waals surface area contributed by atoms with Gasteiger partial charge in [-0.3, -0.25) is 9.78 Å². The Bertz CT molecular complexity index is 994. The van der Waals surface area contributed by atoms with Crippen LogP contribution in [-0.2, 0) is 10.0 Å². The molecule has 10 heteroatoms. The molecule has 1 fully saturated rings. The van der Waals surface area contributed by atoms with Gasteiger partial charge in [-0.2, -0.15) is 0 Å². The second-order valence-corrected chi connectivity index (χ2v) is 8.00. The molecule has 0 radical (unpaired) electrons. The third-order valence-electron chi connectivity index (χ3n) is 4.49. The minimum absolute atomic E-state index is 0.0567. The van der Waals surface area contributed by atoms with E-state index in [-0.39, 0.29) is 28.3 Å². The molecule has 0 atom stereocenters. The van der Waals surface area contributed by atoms with Crippen molar-refractivity contribution < 1.29 is 17.2 Å². The van der Waals surface area contributed by atoms with Gasteiger partial charge < -0.3 is 4.98 Å². The van der Waals surface area contributed by atoms with Gasteiger partial charge in [0.05, 0.1) is 15.8 Å². The summed E-state index contributed by atoms with van der Waals surface area (Å²) in [4.78, 5) is 27.3. The molecule has 2 aromatic rings. The minimum atomic E-state index is -3.83. The van der Waals surface area contributed by atoms with E-state index in [0.29, 0.717) is 19.3 Å². The Hall–Kier alpha value is -2.07. The van der Waals surface area contributed by atoms with Crippen molar-refractivity contribution in [2.45, 2.75) is 30.6 Å². The summed E-state index contributed by atoms with van der Waals surface area (Å²) in [6.45, 7) is 0.142.